The van der Waals surface area contributed by atoms with E-state index >= 15 is 0 Å². The molecule has 1 unspecified atom stereocenters. The van der Waals surface area contributed by atoms with Gasteiger partial charge in [-0.1, -0.05) is 17.7 Å². The number of piperidine rings is 2. The normalized spacial score (nSPS) is 19.1. The number of aryl methyl sites for hydroxylation is 1. The molecule has 0 aromatic heterocycles. The summed E-state index contributed by atoms with van der Waals surface area (Å²) in [5, 5.41) is 3.30. The fourth-order valence-electron chi connectivity index (χ4n) is 4.74. The molecular formula is C26H31ClFN3O3. The molecule has 2 aromatic carbocycles. The lowest BCUT2D eigenvalue weighted by Gasteiger charge is -2.34. The summed E-state index contributed by atoms with van der Waals surface area (Å²) in [4.78, 5) is 28.3. The molecule has 2 saturated heterocycles. The molecule has 6 nitrogen and oxygen atoms in total. The third kappa shape index (κ3) is 5.63. The van der Waals surface area contributed by atoms with Crippen LogP contribution in [0.1, 0.15) is 44.6 Å². The molecule has 34 heavy (non-hydrogen) atoms. The first kappa shape index (κ1) is 24.3. The lowest BCUT2D eigenvalue weighted by Crippen LogP contribution is -2.49. The second-order valence-electron chi connectivity index (χ2n) is 9.12. The molecule has 182 valence electrons. The van der Waals surface area contributed by atoms with Crippen LogP contribution >= 0.6 is 11.6 Å². The monoisotopic (exact) mass is 487 g/mol. The maximum Gasteiger partial charge on any atom is 0.247 e. The molecule has 2 fully saturated rings. The van der Waals surface area contributed by atoms with Gasteiger partial charge in [0.1, 0.15) is 23.7 Å². The predicted octanol–water partition coefficient (Wildman–Crippen LogP) is 5.17. The molecule has 2 aliphatic rings. The largest absolute Gasteiger partial charge is 0.489 e. The Hall–Kier alpha value is -2.80. The molecule has 1 N–H and O–H groups in total. The highest BCUT2D eigenvalue weighted by atomic mass is 35.5. The standard InChI is InChI=1S/C26H31ClFN3O3/c1-17-6-8-23(22(28)15-17)30-13-10-20(11-14-30)34-25-9-7-19(16-21(25)27)29-26(33)24-5-3-4-12-31(24)18(2)32/h6-9,15-16,20,24H,3-5,10-14H2,1-2H3,(H,29,33). The van der Waals surface area contributed by atoms with Crippen molar-refractivity contribution in [2.45, 2.75) is 58.1 Å². The Labute approximate surface area is 205 Å². The number of anilines is 2. The van der Waals surface area contributed by atoms with Gasteiger partial charge < -0.3 is 19.9 Å². The minimum atomic E-state index is -0.454. The Morgan fingerprint density at radius 1 is 1.06 bits per heavy atom. The van der Waals surface area contributed by atoms with Gasteiger partial charge in [-0.2, -0.15) is 0 Å². The number of likely N-dealkylation sites (tertiary alicyclic amines) is 1. The first-order valence-corrected chi connectivity index (χ1v) is 12.2. The van der Waals surface area contributed by atoms with Gasteiger partial charge in [-0.25, -0.2) is 4.39 Å². The van der Waals surface area contributed by atoms with Crippen LogP contribution in [0.3, 0.4) is 0 Å². The number of benzene rings is 2. The van der Waals surface area contributed by atoms with Crippen molar-refractivity contribution in [2.24, 2.45) is 0 Å². The summed E-state index contributed by atoms with van der Waals surface area (Å²) >= 11 is 6.46. The molecule has 0 saturated carbocycles. The zero-order chi connectivity index (χ0) is 24.2. The van der Waals surface area contributed by atoms with E-state index in [4.69, 9.17) is 16.3 Å². The lowest BCUT2D eigenvalue weighted by molar-refractivity contribution is -0.138. The van der Waals surface area contributed by atoms with Crippen molar-refractivity contribution in [1.82, 2.24) is 4.90 Å². The van der Waals surface area contributed by atoms with Crippen LogP contribution in [0.15, 0.2) is 36.4 Å². The van der Waals surface area contributed by atoms with Crippen molar-refractivity contribution >= 4 is 34.8 Å². The summed E-state index contributed by atoms with van der Waals surface area (Å²) in [5.41, 5.74) is 2.10. The van der Waals surface area contributed by atoms with Crippen LogP contribution in [-0.4, -0.2) is 48.5 Å². The van der Waals surface area contributed by atoms with Gasteiger partial charge in [0.05, 0.1) is 10.7 Å². The summed E-state index contributed by atoms with van der Waals surface area (Å²) in [6.45, 7) is 5.38. The van der Waals surface area contributed by atoms with E-state index < -0.39 is 6.04 Å². The molecule has 0 aliphatic carbocycles. The molecule has 4 rings (SSSR count). The molecule has 8 heteroatoms. The van der Waals surface area contributed by atoms with Gasteiger partial charge in [0.15, 0.2) is 0 Å². The van der Waals surface area contributed by atoms with E-state index in [-0.39, 0.29) is 23.7 Å². The third-order valence-corrected chi connectivity index (χ3v) is 6.88. The SMILES string of the molecule is CC(=O)N1CCCCC1C(=O)Nc1ccc(OC2CCN(c3ccc(C)cc3F)CC2)c(Cl)c1. The quantitative estimate of drug-likeness (QED) is 0.631. The van der Waals surface area contributed by atoms with Gasteiger partial charge in [0.2, 0.25) is 11.8 Å². The van der Waals surface area contributed by atoms with E-state index in [0.717, 1.165) is 31.2 Å². The van der Waals surface area contributed by atoms with Gasteiger partial charge in [-0.15, -0.1) is 0 Å². The molecule has 2 aromatic rings. The molecular weight excluding hydrogens is 457 g/mol. The van der Waals surface area contributed by atoms with Crippen LogP contribution in [0.4, 0.5) is 15.8 Å². The van der Waals surface area contributed by atoms with E-state index in [1.807, 2.05) is 24.0 Å². The number of halogens is 2. The molecule has 0 radical (unpaired) electrons. The Morgan fingerprint density at radius 3 is 2.50 bits per heavy atom. The van der Waals surface area contributed by atoms with Crippen molar-refractivity contribution in [3.63, 3.8) is 0 Å². The van der Waals surface area contributed by atoms with Gasteiger partial charge in [-0.05, 0) is 62.1 Å². The fourth-order valence-corrected chi connectivity index (χ4v) is 4.97. The zero-order valence-corrected chi connectivity index (χ0v) is 20.4. The third-order valence-electron chi connectivity index (χ3n) is 6.59. The van der Waals surface area contributed by atoms with Gasteiger partial charge in [-0.3, -0.25) is 9.59 Å². The predicted molar refractivity (Wildman–Crippen MR) is 132 cm³/mol. The van der Waals surface area contributed by atoms with Crippen molar-refractivity contribution in [3.05, 3.63) is 52.8 Å². The van der Waals surface area contributed by atoms with Gasteiger partial charge in [0.25, 0.3) is 0 Å². The Kier molecular flexibility index (Phi) is 7.61. The fraction of sp³-hybridized carbons (Fsp3) is 0.462. The minimum absolute atomic E-state index is 0.0194. The van der Waals surface area contributed by atoms with Crippen LogP contribution in [0, 0.1) is 12.7 Å². The number of nitrogens with zero attached hydrogens (tertiary/aromatic N) is 2. The lowest BCUT2D eigenvalue weighted by atomic mass is 10.0. The zero-order valence-electron chi connectivity index (χ0n) is 19.7. The van der Waals surface area contributed by atoms with Gasteiger partial charge in [0, 0.05) is 45.1 Å². The van der Waals surface area contributed by atoms with Crippen LogP contribution in [0.25, 0.3) is 0 Å². The summed E-state index contributed by atoms with van der Waals surface area (Å²) in [5.74, 6) is 0.0792. The first-order chi connectivity index (χ1) is 16.3. The maximum absolute atomic E-state index is 14.3. The number of nitrogens with one attached hydrogen (secondary N) is 1. The average molecular weight is 488 g/mol. The number of rotatable bonds is 5. The van der Waals surface area contributed by atoms with E-state index in [9.17, 15) is 14.0 Å². The molecule has 1 atom stereocenters. The second kappa shape index (κ2) is 10.6. The van der Waals surface area contributed by atoms with Crippen molar-refractivity contribution < 1.29 is 18.7 Å². The highest BCUT2D eigenvalue weighted by Crippen LogP contribution is 2.32. The molecule has 2 aliphatic heterocycles. The summed E-state index contributed by atoms with van der Waals surface area (Å²) in [6, 6.07) is 10.1. The van der Waals surface area contributed by atoms with Crippen molar-refractivity contribution in [3.8, 4) is 5.75 Å². The van der Waals surface area contributed by atoms with Crippen molar-refractivity contribution in [2.75, 3.05) is 29.9 Å². The summed E-state index contributed by atoms with van der Waals surface area (Å²) in [6.07, 6.45) is 3.99. The van der Waals surface area contributed by atoms with Crippen LogP contribution in [-0.2, 0) is 9.59 Å². The molecule has 0 bridgehead atoms. The second-order valence-corrected chi connectivity index (χ2v) is 9.52. The Bertz CT molecular complexity index is 1060. The average Bonchev–Trinajstić information content (AvgIpc) is 2.81. The van der Waals surface area contributed by atoms with Crippen LogP contribution < -0.4 is 15.0 Å². The topological polar surface area (TPSA) is 61.9 Å². The van der Waals surface area contributed by atoms with E-state index in [0.29, 0.717) is 48.2 Å². The smallest absolute Gasteiger partial charge is 0.247 e. The number of carbonyl (C=O) groups is 2. The van der Waals surface area contributed by atoms with Crippen molar-refractivity contribution in [1.29, 1.82) is 0 Å². The Morgan fingerprint density at radius 2 is 1.82 bits per heavy atom. The number of hydrogen-bond donors (Lipinski definition) is 1. The molecule has 0 spiro atoms. The summed E-state index contributed by atoms with van der Waals surface area (Å²) in [7, 11) is 0. The highest BCUT2D eigenvalue weighted by Gasteiger charge is 2.30. The van der Waals surface area contributed by atoms with Crippen LogP contribution in [0.5, 0.6) is 5.75 Å². The van der Waals surface area contributed by atoms with E-state index in [2.05, 4.69) is 5.32 Å². The number of hydrogen-bond acceptors (Lipinski definition) is 4. The Balaban J connectivity index is 1.33. The maximum atomic E-state index is 14.3. The number of ether oxygens (including phenoxy) is 1. The number of amides is 2. The summed E-state index contributed by atoms with van der Waals surface area (Å²) < 4.78 is 20.4. The first-order valence-electron chi connectivity index (χ1n) is 11.9. The number of carbonyl (C=O) groups excluding carboxylic acids is 2. The van der Waals surface area contributed by atoms with E-state index in [1.165, 1.54) is 6.92 Å². The van der Waals surface area contributed by atoms with Gasteiger partial charge >= 0.3 is 0 Å². The highest BCUT2D eigenvalue weighted by molar-refractivity contribution is 6.32. The molecule has 2 amide bonds. The van der Waals surface area contributed by atoms with E-state index in [1.54, 1.807) is 29.2 Å². The minimum Gasteiger partial charge on any atom is -0.489 e. The molecule has 2 heterocycles. The van der Waals surface area contributed by atoms with Crippen LogP contribution in [0.2, 0.25) is 5.02 Å².